The number of rotatable bonds is 8. The van der Waals surface area contributed by atoms with E-state index < -0.39 is 0 Å². The number of benzene rings is 3. The van der Waals surface area contributed by atoms with E-state index >= 15 is 0 Å². The van der Waals surface area contributed by atoms with Gasteiger partial charge in [-0.1, -0.05) is 84.0 Å². The highest BCUT2D eigenvalue weighted by molar-refractivity contribution is 7.99. The fourth-order valence-corrected chi connectivity index (χ4v) is 4.23. The Balaban J connectivity index is 1.51. The molecule has 0 aliphatic carbocycles. The average Bonchev–Trinajstić information content (AvgIpc) is 3.21. The van der Waals surface area contributed by atoms with Crippen molar-refractivity contribution in [1.82, 2.24) is 20.1 Å². The van der Waals surface area contributed by atoms with Crippen molar-refractivity contribution in [1.29, 1.82) is 0 Å². The molecule has 1 heterocycles. The van der Waals surface area contributed by atoms with Gasteiger partial charge in [0.1, 0.15) is 0 Å². The molecule has 1 N–H and O–H groups in total. The second kappa shape index (κ2) is 10.5. The Morgan fingerprint density at radius 2 is 1.62 bits per heavy atom. The SMILES string of the molecule is CC(NC(=O)CSc1nnc(-c2ccc(Cl)cc2)n1Cc1ccccc1)c1ccccc1. The van der Waals surface area contributed by atoms with Crippen LogP contribution in [0.1, 0.15) is 24.1 Å². The number of nitrogens with one attached hydrogen (secondary N) is 1. The molecule has 1 amide bonds. The third-order valence-corrected chi connectivity index (χ3v) is 6.23. The van der Waals surface area contributed by atoms with Crippen LogP contribution in [0.5, 0.6) is 0 Å². The van der Waals surface area contributed by atoms with Gasteiger partial charge in [0, 0.05) is 10.6 Å². The number of carbonyl (C=O) groups is 1. The van der Waals surface area contributed by atoms with Gasteiger partial charge in [0.25, 0.3) is 0 Å². The van der Waals surface area contributed by atoms with E-state index in [0.29, 0.717) is 16.7 Å². The maximum absolute atomic E-state index is 12.6. The Kier molecular flexibility index (Phi) is 7.24. The lowest BCUT2D eigenvalue weighted by atomic mass is 10.1. The molecule has 0 fully saturated rings. The van der Waals surface area contributed by atoms with E-state index in [1.54, 1.807) is 0 Å². The van der Waals surface area contributed by atoms with Gasteiger partial charge in [-0.2, -0.15) is 0 Å². The van der Waals surface area contributed by atoms with Crippen molar-refractivity contribution in [2.75, 3.05) is 5.75 Å². The first-order valence-corrected chi connectivity index (χ1v) is 11.7. The normalized spacial score (nSPS) is 11.8. The van der Waals surface area contributed by atoms with Gasteiger partial charge in [-0.15, -0.1) is 10.2 Å². The number of amides is 1. The molecule has 0 aliphatic heterocycles. The molecular weight excluding hydrogens is 440 g/mol. The molecule has 1 aromatic heterocycles. The summed E-state index contributed by atoms with van der Waals surface area (Å²) < 4.78 is 2.04. The van der Waals surface area contributed by atoms with Gasteiger partial charge in [-0.3, -0.25) is 9.36 Å². The number of hydrogen-bond donors (Lipinski definition) is 1. The molecule has 0 saturated carbocycles. The number of aromatic nitrogens is 3. The molecule has 0 saturated heterocycles. The summed E-state index contributed by atoms with van der Waals surface area (Å²) in [5.41, 5.74) is 3.13. The van der Waals surface area contributed by atoms with Crippen molar-refractivity contribution >= 4 is 29.3 Å². The summed E-state index contributed by atoms with van der Waals surface area (Å²) in [6.07, 6.45) is 0. The van der Waals surface area contributed by atoms with E-state index in [1.807, 2.05) is 84.3 Å². The average molecular weight is 463 g/mol. The van der Waals surface area contributed by atoms with Crippen LogP contribution >= 0.6 is 23.4 Å². The minimum absolute atomic E-state index is 0.0475. The van der Waals surface area contributed by atoms with Crippen LogP contribution in [0.2, 0.25) is 5.02 Å². The maximum Gasteiger partial charge on any atom is 0.230 e. The summed E-state index contributed by atoms with van der Waals surface area (Å²) in [5.74, 6) is 0.949. The summed E-state index contributed by atoms with van der Waals surface area (Å²) in [7, 11) is 0. The molecule has 0 bridgehead atoms. The third-order valence-electron chi connectivity index (χ3n) is 5.01. The van der Waals surface area contributed by atoms with Crippen molar-refractivity contribution in [2.45, 2.75) is 24.7 Å². The van der Waals surface area contributed by atoms with Crippen LogP contribution in [-0.2, 0) is 11.3 Å². The number of hydrogen-bond acceptors (Lipinski definition) is 4. The molecule has 0 aliphatic rings. The number of halogens is 1. The summed E-state index contributed by atoms with van der Waals surface area (Å²) in [5, 5.41) is 13.2. The Bertz CT molecular complexity index is 1160. The second-order valence-electron chi connectivity index (χ2n) is 7.37. The molecule has 4 rings (SSSR count). The summed E-state index contributed by atoms with van der Waals surface area (Å²) in [6, 6.07) is 27.5. The molecule has 3 aromatic carbocycles. The Hall–Kier alpha value is -3.09. The minimum atomic E-state index is -0.0592. The van der Waals surface area contributed by atoms with E-state index in [-0.39, 0.29) is 17.7 Å². The van der Waals surface area contributed by atoms with Crippen molar-refractivity contribution in [3.05, 3.63) is 101 Å². The van der Waals surface area contributed by atoms with Crippen LogP contribution in [0.25, 0.3) is 11.4 Å². The Morgan fingerprint density at radius 1 is 0.969 bits per heavy atom. The smallest absolute Gasteiger partial charge is 0.230 e. The van der Waals surface area contributed by atoms with Crippen LogP contribution in [0.3, 0.4) is 0 Å². The monoisotopic (exact) mass is 462 g/mol. The van der Waals surface area contributed by atoms with E-state index in [1.165, 1.54) is 11.8 Å². The summed E-state index contributed by atoms with van der Waals surface area (Å²) in [6.45, 7) is 2.59. The largest absolute Gasteiger partial charge is 0.349 e. The lowest BCUT2D eigenvalue weighted by Crippen LogP contribution is -2.28. The van der Waals surface area contributed by atoms with Gasteiger partial charge in [0.05, 0.1) is 18.3 Å². The molecule has 5 nitrogen and oxygen atoms in total. The molecule has 4 aromatic rings. The first-order chi connectivity index (χ1) is 15.6. The molecule has 162 valence electrons. The first kappa shape index (κ1) is 22.1. The van der Waals surface area contributed by atoms with Gasteiger partial charge in [0.2, 0.25) is 5.91 Å². The lowest BCUT2D eigenvalue weighted by Gasteiger charge is -2.14. The number of thioether (sulfide) groups is 1. The predicted molar refractivity (Wildman–Crippen MR) is 130 cm³/mol. The molecule has 1 unspecified atom stereocenters. The quantitative estimate of drug-likeness (QED) is 0.345. The van der Waals surface area contributed by atoms with Crippen molar-refractivity contribution in [3.63, 3.8) is 0 Å². The van der Waals surface area contributed by atoms with Crippen molar-refractivity contribution < 1.29 is 4.79 Å². The zero-order valence-corrected chi connectivity index (χ0v) is 19.2. The molecule has 1 atom stereocenters. The first-order valence-electron chi connectivity index (χ1n) is 10.3. The van der Waals surface area contributed by atoms with Gasteiger partial charge in [-0.25, -0.2) is 0 Å². The highest BCUT2D eigenvalue weighted by Gasteiger charge is 2.17. The fraction of sp³-hybridized carbons (Fsp3) is 0.160. The Labute approximate surface area is 196 Å². The predicted octanol–water partition coefficient (Wildman–Crippen LogP) is 5.62. The standard InChI is InChI=1S/C25H23ClN4OS/c1-18(20-10-6-3-7-11-20)27-23(31)17-32-25-29-28-24(21-12-14-22(26)15-13-21)30(25)16-19-8-4-2-5-9-19/h2-15,18H,16-17H2,1H3,(H,27,31). The highest BCUT2D eigenvalue weighted by atomic mass is 35.5. The third kappa shape index (κ3) is 5.58. The van der Waals surface area contributed by atoms with Crippen LogP contribution in [0.4, 0.5) is 0 Å². The topological polar surface area (TPSA) is 59.8 Å². The van der Waals surface area contributed by atoms with Crippen LogP contribution in [0.15, 0.2) is 90.1 Å². The fourth-order valence-electron chi connectivity index (χ4n) is 3.35. The van der Waals surface area contributed by atoms with Crippen LogP contribution < -0.4 is 5.32 Å². The zero-order chi connectivity index (χ0) is 22.3. The summed E-state index contributed by atoms with van der Waals surface area (Å²) >= 11 is 7.43. The van der Waals surface area contributed by atoms with Crippen molar-refractivity contribution in [2.24, 2.45) is 0 Å². The maximum atomic E-state index is 12.6. The molecule has 7 heteroatoms. The molecular formula is C25H23ClN4OS. The van der Waals surface area contributed by atoms with Crippen LogP contribution in [0, 0.1) is 0 Å². The molecule has 32 heavy (non-hydrogen) atoms. The Morgan fingerprint density at radius 3 is 2.31 bits per heavy atom. The van der Waals surface area contributed by atoms with E-state index in [9.17, 15) is 4.79 Å². The zero-order valence-electron chi connectivity index (χ0n) is 17.6. The van der Waals surface area contributed by atoms with Gasteiger partial charge >= 0.3 is 0 Å². The van der Waals surface area contributed by atoms with E-state index in [2.05, 4.69) is 27.6 Å². The number of carbonyl (C=O) groups excluding carboxylic acids is 1. The number of nitrogens with zero attached hydrogens (tertiary/aromatic N) is 3. The van der Waals surface area contributed by atoms with E-state index in [0.717, 1.165) is 22.5 Å². The minimum Gasteiger partial charge on any atom is -0.349 e. The highest BCUT2D eigenvalue weighted by Crippen LogP contribution is 2.26. The van der Waals surface area contributed by atoms with Crippen LogP contribution in [-0.4, -0.2) is 26.4 Å². The van der Waals surface area contributed by atoms with Gasteiger partial charge < -0.3 is 5.32 Å². The second-order valence-corrected chi connectivity index (χ2v) is 8.75. The molecule has 0 spiro atoms. The lowest BCUT2D eigenvalue weighted by molar-refractivity contribution is -0.119. The van der Waals surface area contributed by atoms with Gasteiger partial charge in [-0.05, 0) is 42.3 Å². The van der Waals surface area contributed by atoms with Crippen molar-refractivity contribution in [3.8, 4) is 11.4 Å². The van der Waals surface area contributed by atoms with Gasteiger partial charge in [0.15, 0.2) is 11.0 Å². The van der Waals surface area contributed by atoms with E-state index in [4.69, 9.17) is 11.6 Å². The molecule has 0 radical (unpaired) electrons. The summed E-state index contributed by atoms with van der Waals surface area (Å²) in [4.78, 5) is 12.6.